The van der Waals surface area contributed by atoms with Crippen LogP contribution in [0.25, 0.3) is 17.0 Å². The van der Waals surface area contributed by atoms with Crippen molar-refractivity contribution in [3.05, 3.63) is 70.4 Å². The number of carbonyl (C=O) groups is 4. The average Bonchev–Trinajstić information content (AvgIpc) is 3.89. The summed E-state index contributed by atoms with van der Waals surface area (Å²) in [6, 6.07) is 11.5. The summed E-state index contributed by atoms with van der Waals surface area (Å²) in [6.45, 7) is 6.12. The zero-order valence-corrected chi connectivity index (χ0v) is 30.8. The van der Waals surface area contributed by atoms with Gasteiger partial charge in [0.15, 0.2) is 11.5 Å². The molecule has 3 N–H and O–H groups in total. The molecule has 3 saturated heterocycles. The summed E-state index contributed by atoms with van der Waals surface area (Å²) in [6.07, 6.45) is 9.93. The highest BCUT2D eigenvalue weighted by atomic mass is 16.4. The Balaban J connectivity index is 0.892. The summed E-state index contributed by atoms with van der Waals surface area (Å²) in [5.41, 5.74) is 7.01. The molecule has 1 atom stereocenters. The molecule has 282 valence electrons. The molecule has 0 unspecified atom stereocenters. The van der Waals surface area contributed by atoms with E-state index in [0.29, 0.717) is 64.3 Å². The number of nitrogens with zero attached hydrogens (tertiary/aromatic N) is 6. The van der Waals surface area contributed by atoms with Crippen LogP contribution in [0.2, 0.25) is 0 Å². The Kier molecular flexibility index (Phi) is 10.1. The number of likely N-dealkylation sites (tertiary alicyclic amines) is 3. The number of ketones is 1. The highest BCUT2D eigenvalue weighted by molar-refractivity contribution is 6.40. The molecule has 1 aromatic heterocycles. The van der Waals surface area contributed by atoms with Crippen molar-refractivity contribution in [1.29, 1.82) is 0 Å². The van der Waals surface area contributed by atoms with Gasteiger partial charge in [-0.2, -0.15) is 10.2 Å². The van der Waals surface area contributed by atoms with Gasteiger partial charge in [0.25, 0.3) is 0 Å². The Labute approximate surface area is 314 Å². The number of aliphatic carboxylic acids is 1. The number of aryl methyl sites for hydroxylation is 1. The number of aromatic nitrogens is 2. The van der Waals surface area contributed by atoms with Gasteiger partial charge in [-0.15, -0.1) is 5.10 Å². The van der Waals surface area contributed by atoms with Crippen LogP contribution in [0.5, 0.6) is 0 Å². The second-order valence-electron chi connectivity index (χ2n) is 15.6. The van der Waals surface area contributed by atoms with E-state index in [9.17, 15) is 24.3 Å². The van der Waals surface area contributed by atoms with Crippen LogP contribution in [0.1, 0.15) is 67.2 Å². The molecule has 5 heterocycles. The smallest absolute Gasteiger partial charge is 0.352 e. The van der Waals surface area contributed by atoms with Crippen molar-refractivity contribution < 1.29 is 24.3 Å². The third-order valence-corrected chi connectivity index (χ3v) is 12.3. The van der Waals surface area contributed by atoms with Gasteiger partial charge in [-0.1, -0.05) is 30.3 Å². The number of piperidine rings is 3. The number of allylic oxidation sites excluding steroid dienone is 1. The van der Waals surface area contributed by atoms with E-state index in [1.807, 2.05) is 42.2 Å². The summed E-state index contributed by atoms with van der Waals surface area (Å²) in [4.78, 5) is 58.8. The zero-order valence-electron chi connectivity index (χ0n) is 30.8. The van der Waals surface area contributed by atoms with Crippen molar-refractivity contribution in [2.24, 2.45) is 22.0 Å². The molecular formula is C41H48N8O5. The first-order chi connectivity index (χ1) is 26.2. The number of carboxylic acid groups (broad SMARTS) is 1. The van der Waals surface area contributed by atoms with Gasteiger partial charge < -0.3 is 25.1 Å². The van der Waals surface area contributed by atoms with Crippen molar-refractivity contribution in [3.63, 3.8) is 0 Å². The fourth-order valence-corrected chi connectivity index (χ4v) is 9.19. The summed E-state index contributed by atoms with van der Waals surface area (Å²) in [7, 11) is 0. The first kappa shape index (κ1) is 35.8. The molecule has 3 fully saturated rings. The van der Waals surface area contributed by atoms with Crippen LogP contribution >= 0.6 is 0 Å². The number of hydrogen-bond acceptors (Lipinski definition) is 8. The lowest BCUT2D eigenvalue weighted by atomic mass is 9.80. The molecule has 0 spiro atoms. The number of carboxylic acids is 1. The number of carbonyl (C=O) groups excluding carboxylic acids is 3. The zero-order chi connectivity index (χ0) is 37.3. The molecule has 4 aliphatic heterocycles. The highest BCUT2D eigenvalue weighted by Crippen LogP contribution is 2.32. The van der Waals surface area contributed by atoms with Gasteiger partial charge in [0, 0.05) is 62.8 Å². The second kappa shape index (κ2) is 15.3. The van der Waals surface area contributed by atoms with Crippen molar-refractivity contribution in [1.82, 2.24) is 30.2 Å². The summed E-state index contributed by atoms with van der Waals surface area (Å²) in [5.74, 6) is -0.523. The summed E-state index contributed by atoms with van der Waals surface area (Å²) >= 11 is 0. The molecule has 3 aromatic rings. The molecular weight excluding hydrogens is 685 g/mol. The van der Waals surface area contributed by atoms with Gasteiger partial charge in [0.1, 0.15) is 6.04 Å². The Morgan fingerprint density at radius 1 is 0.907 bits per heavy atom. The average molecular weight is 733 g/mol. The number of hydrogen-bond donors (Lipinski definition) is 3. The molecule has 0 bridgehead atoms. The largest absolute Gasteiger partial charge is 0.477 e. The first-order valence-corrected chi connectivity index (χ1v) is 19.4. The van der Waals surface area contributed by atoms with Gasteiger partial charge in [-0.05, 0) is 104 Å². The van der Waals surface area contributed by atoms with Crippen molar-refractivity contribution >= 4 is 52.1 Å². The third-order valence-electron chi connectivity index (χ3n) is 12.3. The minimum atomic E-state index is -0.998. The normalized spacial score (nSPS) is 21.1. The van der Waals surface area contributed by atoms with Crippen molar-refractivity contribution in [2.75, 3.05) is 39.3 Å². The number of H-pyrrole nitrogens is 1. The molecule has 8 rings (SSSR count). The number of fused-ring (bicyclic) bond motifs is 2. The van der Waals surface area contributed by atoms with Gasteiger partial charge >= 0.3 is 12.0 Å². The monoisotopic (exact) mass is 732 g/mol. The van der Waals surface area contributed by atoms with Gasteiger partial charge in [0.2, 0.25) is 5.91 Å². The van der Waals surface area contributed by atoms with E-state index < -0.39 is 12.0 Å². The lowest BCUT2D eigenvalue weighted by Gasteiger charge is -2.42. The van der Waals surface area contributed by atoms with E-state index in [1.54, 1.807) is 11.1 Å². The quantitative estimate of drug-likeness (QED) is 0.309. The molecule has 13 nitrogen and oxygen atoms in total. The molecule has 5 aliphatic rings. The van der Waals surface area contributed by atoms with E-state index in [2.05, 4.69) is 42.7 Å². The number of rotatable bonds is 8. The van der Waals surface area contributed by atoms with E-state index in [1.165, 1.54) is 0 Å². The first-order valence-electron chi connectivity index (χ1n) is 19.4. The second-order valence-corrected chi connectivity index (χ2v) is 15.6. The Morgan fingerprint density at radius 2 is 1.63 bits per heavy atom. The fraction of sp³-hybridized carbons (Fsp3) is 0.488. The third kappa shape index (κ3) is 7.46. The van der Waals surface area contributed by atoms with Gasteiger partial charge in [0.05, 0.1) is 17.4 Å². The van der Waals surface area contributed by atoms with Crippen molar-refractivity contribution in [3.8, 4) is 0 Å². The minimum Gasteiger partial charge on any atom is -0.477 e. The maximum absolute atomic E-state index is 14.3. The predicted molar refractivity (Wildman–Crippen MR) is 205 cm³/mol. The van der Waals surface area contributed by atoms with Crippen LogP contribution in [0, 0.1) is 18.8 Å². The topological polar surface area (TPSA) is 164 Å². The number of amides is 3. The van der Waals surface area contributed by atoms with Gasteiger partial charge in [-0.25, -0.2) is 9.59 Å². The SMILES string of the molecule is Cc1cc(C[C@@H](NC(=O)N2CCC(C3=Cc4ccccc4CC3=O)CC2)C(=O)N2CCC(N3CCC(C4=NN=C(C(=O)O)C4)CC3)CC2)cc2cn[nH]c12. The Bertz CT molecular complexity index is 2040. The van der Waals surface area contributed by atoms with E-state index >= 15 is 0 Å². The lowest BCUT2D eigenvalue weighted by Crippen LogP contribution is -2.56. The predicted octanol–water partition coefficient (Wildman–Crippen LogP) is 4.40. The molecule has 0 radical (unpaired) electrons. The standard InChI is InChI=1S/C41H48N8O5/c1-25-18-26(19-31-24-42-46-38(25)31)20-35(43-41(54)49-14-6-27(7-15-49)33-21-29-4-2-3-5-30(29)22-37(33)50)39(51)48-16-10-32(11-17-48)47-12-8-28(9-13-47)34-23-36(40(52)53)45-44-34/h2-5,18-19,21,24,27-28,32,35H,6-17,20,22-23H2,1H3,(H,42,46)(H,43,54)(H,52,53)/t35-/m1/s1. The maximum Gasteiger partial charge on any atom is 0.352 e. The van der Waals surface area contributed by atoms with Crippen LogP contribution in [-0.4, -0.2) is 116 Å². The highest BCUT2D eigenvalue weighted by Gasteiger charge is 2.36. The molecule has 0 saturated carbocycles. The summed E-state index contributed by atoms with van der Waals surface area (Å²) < 4.78 is 0. The number of aromatic amines is 1. The molecule has 54 heavy (non-hydrogen) atoms. The van der Waals surface area contributed by atoms with Crippen LogP contribution in [0.4, 0.5) is 4.79 Å². The molecule has 2 aromatic carbocycles. The van der Waals surface area contributed by atoms with Crippen LogP contribution in [0.15, 0.2) is 58.4 Å². The summed E-state index contributed by atoms with van der Waals surface area (Å²) in [5, 5.41) is 28.7. The van der Waals surface area contributed by atoms with Crippen LogP contribution in [0.3, 0.4) is 0 Å². The minimum absolute atomic E-state index is 0.0644. The number of Topliss-reactive ketones (excluding diaryl/α,β-unsaturated/α-hetero) is 1. The number of urea groups is 1. The van der Waals surface area contributed by atoms with Gasteiger partial charge in [-0.3, -0.25) is 14.7 Å². The van der Waals surface area contributed by atoms with Crippen LogP contribution in [-0.2, 0) is 27.2 Å². The van der Waals surface area contributed by atoms with E-state index in [0.717, 1.165) is 83.2 Å². The maximum atomic E-state index is 14.3. The van der Waals surface area contributed by atoms with Crippen LogP contribution < -0.4 is 5.32 Å². The molecule has 3 amide bonds. The Hall–Kier alpha value is -5.17. The van der Waals surface area contributed by atoms with E-state index in [4.69, 9.17) is 0 Å². The molecule has 13 heteroatoms. The lowest BCUT2D eigenvalue weighted by molar-refractivity contribution is -0.135. The molecule has 1 aliphatic carbocycles. The Morgan fingerprint density at radius 3 is 2.37 bits per heavy atom. The van der Waals surface area contributed by atoms with Crippen molar-refractivity contribution in [2.45, 2.75) is 76.8 Å². The number of benzene rings is 2. The fourth-order valence-electron chi connectivity index (χ4n) is 9.19. The van der Waals surface area contributed by atoms with E-state index in [-0.39, 0.29) is 35.3 Å². The number of nitrogens with one attached hydrogen (secondary N) is 2.